The lowest BCUT2D eigenvalue weighted by atomic mass is 10.2. The van der Waals surface area contributed by atoms with Gasteiger partial charge in [-0.05, 0) is 36.3 Å². The Balaban J connectivity index is 2.31. The quantitative estimate of drug-likeness (QED) is 0.803. The van der Waals surface area contributed by atoms with Crippen LogP contribution in [0.2, 0.25) is 10.0 Å². The summed E-state index contributed by atoms with van der Waals surface area (Å²) < 4.78 is 73.0. The van der Waals surface area contributed by atoms with Crippen molar-refractivity contribution in [2.24, 2.45) is 0 Å². The van der Waals surface area contributed by atoms with Crippen LogP contribution in [-0.4, -0.2) is 38.2 Å². The van der Waals surface area contributed by atoms with Gasteiger partial charge < -0.3 is 10.1 Å². The Labute approximate surface area is 173 Å². The van der Waals surface area contributed by atoms with Crippen LogP contribution in [0.4, 0.5) is 0 Å². The third-order valence-electron chi connectivity index (χ3n) is 3.29. The highest BCUT2D eigenvalue weighted by atomic mass is 35.5. The van der Waals surface area contributed by atoms with Gasteiger partial charge in [-0.15, -0.1) is 0 Å². The average molecular weight is 431 g/mol. The molecule has 2 aromatic rings. The van der Waals surface area contributed by atoms with E-state index < -0.39 is 69.9 Å². The number of piperazine rings is 1. The maximum atomic E-state index is 13.4. The Hall–Kier alpha value is -2.31. The van der Waals surface area contributed by atoms with Gasteiger partial charge in [0.25, 0.3) is 0 Å². The topological polar surface area (TPSA) is 99.5 Å². The first-order chi connectivity index (χ1) is 14.8. The summed E-state index contributed by atoms with van der Waals surface area (Å²) in [5.41, 5.74) is -0.730. The van der Waals surface area contributed by atoms with Crippen molar-refractivity contribution in [3.8, 4) is 17.6 Å². The van der Waals surface area contributed by atoms with E-state index in [1.807, 2.05) is 0 Å². The number of sulfonamides is 1. The lowest BCUT2D eigenvalue weighted by Gasteiger charge is -2.26. The van der Waals surface area contributed by atoms with Gasteiger partial charge in [-0.1, -0.05) is 23.2 Å². The van der Waals surface area contributed by atoms with Crippen molar-refractivity contribution in [2.75, 3.05) is 19.6 Å². The molecule has 27 heavy (non-hydrogen) atoms. The van der Waals surface area contributed by atoms with Crippen molar-refractivity contribution in [1.29, 1.82) is 5.26 Å². The summed E-state index contributed by atoms with van der Waals surface area (Å²) in [6.45, 7) is -4.15. The summed E-state index contributed by atoms with van der Waals surface area (Å²) in [7, 11) is -5.01. The van der Waals surface area contributed by atoms with Gasteiger partial charge in [0.05, 0.1) is 22.3 Å². The molecule has 1 aliphatic rings. The molecule has 0 unspecified atom stereocenters. The van der Waals surface area contributed by atoms with Gasteiger partial charge in [-0.25, -0.2) is 8.42 Å². The van der Waals surface area contributed by atoms with Crippen molar-refractivity contribution >= 4 is 39.1 Å². The molecule has 0 aromatic heterocycles. The number of nitriles is 1. The van der Waals surface area contributed by atoms with E-state index in [-0.39, 0.29) is 20.1 Å². The Bertz CT molecular complexity index is 1260. The molecule has 1 saturated heterocycles. The predicted molar refractivity (Wildman–Crippen MR) is 99.5 cm³/mol. The standard InChI is InChI=1S/C17H13Cl2N3O4S/c18-12-6-13(19)8-14(7-12)26-15-2-1-11(9-20)5-16(15)27(24,25)22-4-3-21-17(23)10-22/h1-2,5-8H,3-4,10H2,(H,21,23)/i1D,2D,4D2,5D. The largest absolute Gasteiger partial charge is 0.456 e. The molecule has 0 saturated carbocycles. The highest BCUT2D eigenvalue weighted by Crippen LogP contribution is 2.34. The second-order valence-electron chi connectivity index (χ2n) is 5.17. The normalized spacial score (nSPS) is 19.6. The molecule has 0 bridgehead atoms. The highest BCUT2D eigenvalue weighted by Gasteiger charge is 2.32. The molecular weight excluding hydrogens is 413 g/mol. The van der Waals surface area contributed by atoms with E-state index in [0.29, 0.717) is 0 Å². The van der Waals surface area contributed by atoms with Gasteiger partial charge in [-0.2, -0.15) is 9.57 Å². The smallest absolute Gasteiger partial charge is 0.247 e. The number of ether oxygens (including phenoxy) is 1. The summed E-state index contributed by atoms with van der Waals surface area (Å²) in [5.74, 6) is -1.72. The van der Waals surface area contributed by atoms with Gasteiger partial charge >= 0.3 is 0 Å². The van der Waals surface area contributed by atoms with E-state index in [4.69, 9.17) is 34.8 Å². The van der Waals surface area contributed by atoms with Crippen LogP contribution in [0.5, 0.6) is 11.5 Å². The number of hydrogen-bond acceptors (Lipinski definition) is 5. The Morgan fingerprint density at radius 2 is 2.00 bits per heavy atom. The van der Waals surface area contributed by atoms with Crippen LogP contribution >= 0.6 is 23.2 Å². The van der Waals surface area contributed by atoms with Gasteiger partial charge in [0, 0.05) is 25.8 Å². The van der Waals surface area contributed by atoms with E-state index >= 15 is 0 Å². The van der Waals surface area contributed by atoms with Crippen LogP contribution in [0.15, 0.2) is 41.2 Å². The van der Waals surface area contributed by atoms with Gasteiger partial charge in [0.2, 0.25) is 15.9 Å². The lowest BCUT2D eigenvalue weighted by Crippen LogP contribution is -2.49. The maximum absolute atomic E-state index is 13.4. The molecule has 0 spiro atoms. The minimum Gasteiger partial charge on any atom is -0.456 e. The molecule has 0 aliphatic carbocycles. The van der Waals surface area contributed by atoms with E-state index in [9.17, 15) is 18.5 Å². The monoisotopic (exact) mass is 430 g/mol. The summed E-state index contributed by atoms with van der Waals surface area (Å²) in [6, 6.07) is 2.77. The van der Waals surface area contributed by atoms with Crippen LogP contribution in [0.3, 0.4) is 0 Å². The second kappa shape index (κ2) is 7.74. The molecular formula is C17H13Cl2N3O4S. The molecule has 1 N–H and O–H groups in total. The number of carbonyl (C=O) groups is 1. The van der Waals surface area contributed by atoms with Crippen LogP contribution in [0.25, 0.3) is 0 Å². The molecule has 7 nitrogen and oxygen atoms in total. The van der Waals surface area contributed by atoms with Crippen molar-refractivity contribution in [1.82, 2.24) is 9.62 Å². The summed E-state index contributed by atoms with van der Waals surface area (Å²) >= 11 is 11.8. The number of carbonyl (C=O) groups excluding carboxylic acids is 1. The molecule has 1 fully saturated rings. The first-order valence-corrected chi connectivity index (χ1v) is 9.46. The number of amides is 1. The van der Waals surface area contributed by atoms with Crippen molar-refractivity contribution in [2.45, 2.75) is 4.90 Å². The zero-order valence-corrected chi connectivity index (χ0v) is 15.7. The minimum absolute atomic E-state index is 0.110. The van der Waals surface area contributed by atoms with Crippen LogP contribution in [0.1, 0.15) is 12.4 Å². The molecule has 140 valence electrons. The SMILES string of the molecule is [2H]c1c([2H])c(Oc2cc(Cl)cc(Cl)c2)c(S(=O)(=O)N2CC(=O)NCC2([2H])[2H])c([2H])c1C#N. The highest BCUT2D eigenvalue weighted by molar-refractivity contribution is 7.89. The van der Waals surface area contributed by atoms with Gasteiger partial charge in [-0.3, -0.25) is 4.79 Å². The van der Waals surface area contributed by atoms with Gasteiger partial charge in [0.1, 0.15) is 16.4 Å². The molecule has 1 amide bonds. The fourth-order valence-electron chi connectivity index (χ4n) is 2.14. The zero-order chi connectivity index (χ0) is 24.0. The fraction of sp³-hybridized carbons (Fsp3) is 0.176. The molecule has 1 heterocycles. The molecule has 2 aromatic carbocycles. The number of benzene rings is 2. The van der Waals surface area contributed by atoms with E-state index in [2.05, 4.69) is 5.32 Å². The molecule has 0 radical (unpaired) electrons. The molecule has 3 rings (SSSR count). The molecule has 10 heteroatoms. The summed E-state index contributed by atoms with van der Waals surface area (Å²) in [6.07, 6.45) is 0. The van der Waals surface area contributed by atoms with E-state index in [1.165, 1.54) is 24.3 Å². The predicted octanol–water partition coefficient (Wildman–Crippen LogP) is 2.78. The first-order valence-electron chi connectivity index (χ1n) is 9.77. The van der Waals surface area contributed by atoms with Gasteiger partial charge in [0.15, 0.2) is 0 Å². The first kappa shape index (κ1) is 13.8. The van der Waals surface area contributed by atoms with E-state index in [0.717, 1.165) is 0 Å². The average Bonchev–Trinajstić information content (AvgIpc) is 2.67. The summed E-state index contributed by atoms with van der Waals surface area (Å²) in [5, 5.41) is 11.7. The minimum atomic E-state index is -5.01. The third-order valence-corrected chi connectivity index (χ3v) is 5.37. The van der Waals surface area contributed by atoms with Crippen molar-refractivity contribution < 1.29 is 24.8 Å². The number of rotatable bonds is 4. The second-order valence-corrected chi connectivity index (χ2v) is 7.85. The molecule has 0 atom stereocenters. The molecule has 1 aliphatic heterocycles. The van der Waals surface area contributed by atoms with Crippen molar-refractivity contribution in [3.63, 3.8) is 0 Å². The van der Waals surface area contributed by atoms with Crippen LogP contribution in [-0.2, 0) is 14.8 Å². The third kappa shape index (κ3) is 4.34. The van der Waals surface area contributed by atoms with Crippen LogP contribution in [0, 0.1) is 11.3 Å². The summed E-state index contributed by atoms with van der Waals surface area (Å²) in [4.78, 5) is 10.8. The zero-order valence-electron chi connectivity index (χ0n) is 18.3. The number of nitrogens with zero attached hydrogens (tertiary/aromatic N) is 2. The van der Waals surface area contributed by atoms with Crippen LogP contribution < -0.4 is 10.1 Å². The fourth-order valence-corrected chi connectivity index (χ4v) is 3.95. The van der Waals surface area contributed by atoms with Crippen molar-refractivity contribution in [3.05, 3.63) is 51.9 Å². The Morgan fingerprint density at radius 1 is 1.30 bits per heavy atom. The number of nitrogens with one attached hydrogen (secondary N) is 1. The van der Waals surface area contributed by atoms with E-state index in [1.54, 1.807) is 0 Å². The maximum Gasteiger partial charge on any atom is 0.247 e. The Morgan fingerprint density at radius 3 is 2.67 bits per heavy atom. The Kier molecular flexibility index (Phi) is 3.96. The number of halogens is 2. The lowest BCUT2D eigenvalue weighted by molar-refractivity contribution is -0.122. The number of hydrogen-bond donors (Lipinski definition) is 1.